The molecule has 0 bridgehead atoms. The van der Waals surface area contributed by atoms with Crippen molar-refractivity contribution in [3.05, 3.63) is 48.0 Å². The molecule has 0 aromatic heterocycles. The third-order valence-electron chi connectivity index (χ3n) is 3.71. The molecule has 1 saturated heterocycles. The molecule has 2 N–H and O–H groups in total. The predicted molar refractivity (Wildman–Crippen MR) is 110 cm³/mol. The first-order valence-electron chi connectivity index (χ1n) is 8.21. The maximum atomic E-state index is 11.7. The van der Waals surface area contributed by atoms with E-state index in [1.54, 1.807) is 6.08 Å². The summed E-state index contributed by atoms with van der Waals surface area (Å²) in [5, 5.41) is 6.39. The number of hydrogen-bond donors (Lipinski definition) is 2. The smallest absolute Gasteiger partial charge is 0.222 e. The molecule has 0 spiro atoms. The summed E-state index contributed by atoms with van der Waals surface area (Å²) in [7, 11) is 0. The van der Waals surface area contributed by atoms with Crippen molar-refractivity contribution in [2.45, 2.75) is 32.9 Å². The van der Waals surface area contributed by atoms with Crippen LogP contribution in [0.3, 0.4) is 0 Å². The lowest BCUT2D eigenvalue weighted by atomic mass is 10.1. The van der Waals surface area contributed by atoms with Crippen LogP contribution in [-0.2, 0) is 17.9 Å². The van der Waals surface area contributed by atoms with E-state index in [4.69, 9.17) is 0 Å². The Kier molecular flexibility index (Phi) is 9.44. The molecule has 1 amide bonds. The summed E-state index contributed by atoms with van der Waals surface area (Å²) < 4.78 is 0. The van der Waals surface area contributed by atoms with Gasteiger partial charge in [-0.25, -0.2) is 4.99 Å². The van der Waals surface area contributed by atoms with Gasteiger partial charge < -0.3 is 15.5 Å². The minimum Gasteiger partial charge on any atom is -0.357 e. The Morgan fingerprint density at radius 1 is 1.38 bits per heavy atom. The summed E-state index contributed by atoms with van der Waals surface area (Å²) >= 11 is 0. The number of benzene rings is 1. The number of likely N-dealkylation sites (tertiary alicyclic amines) is 1. The summed E-state index contributed by atoms with van der Waals surface area (Å²) in [6.07, 6.45) is 3.47. The minimum absolute atomic E-state index is 0. The van der Waals surface area contributed by atoms with Crippen molar-refractivity contribution in [3.8, 4) is 0 Å². The monoisotopic (exact) mass is 442 g/mol. The van der Waals surface area contributed by atoms with Gasteiger partial charge in [-0.1, -0.05) is 30.3 Å². The van der Waals surface area contributed by atoms with E-state index >= 15 is 0 Å². The molecule has 6 heteroatoms. The molecular formula is C18H27IN4O. The van der Waals surface area contributed by atoms with E-state index in [1.807, 2.05) is 17.9 Å². The van der Waals surface area contributed by atoms with Crippen LogP contribution in [0.4, 0.5) is 0 Å². The molecular weight excluding hydrogens is 415 g/mol. The molecule has 0 unspecified atom stereocenters. The van der Waals surface area contributed by atoms with Gasteiger partial charge in [-0.3, -0.25) is 4.79 Å². The molecule has 1 aromatic rings. The first kappa shape index (κ1) is 20.5. The predicted octanol–water partition coefficient (Wildman–Crippen LogP) is 2.67. The number of carbonyl (C=O) groups is 1. The van der Waals surface area contributed by atoms with Gasteiger partial charge in [-0.15, -0.1) is 30.6 Å². The van der Waals surface area contributed by atoms with Crippen LogP contribution in [0.25, 0.3) is 0 Å². The fraction of sp³-hybridized carbons (Fsp3) is 0.444. The number of aliphatic imine (C=N–C) groups is 1. The van der Waals surface area contributed by atoms with Crippen LogP contribution in [0.15, 0.2) is 41.9 Å². The molecule has 1 aliphatic rings. The molecule has 1 aliphatic heterocycles. The molecule has 0 atom stereocenters. The molecule has 132 valence electrons. The zero-order valence-electron chi connectivity index (χ0n) is 14.3. The Hall–Kier alpha value is -1.57. The Balaban J connectivity index is 0.00000288. The first-order chi connectivity index (χ1) is 11.2. The number of hydrogen-bond acceptors (Lipinski definition) is 2. The third kappa shape index (κ3) is 6.51. The molecule has 1 heterocycles. The van der Waals surface area contributed by atoms with E-state index in [0.717, 1.165) is 36.6 Å². The van der Waals surface area contributed by atoms with Crippen molar-refractivity contribution < 1.29 is 4.79 Å². The highest BCUT2D eigenvalue weighted by Crippen LogP contribution is 2.15. The van der Waals surface area contributed by atoms with Gasteiger partial charge in [0, 0.05) is 32.6 Å². The van der Waals surface area contributed by atoms with Crippen molar-refractivity contribution in [3.63, 3.8) is 0 Å². The van der Waals surface area contributed by atoms with Crippen LogP contribution in [-0.4, -0.2) is 36.4 Å². The Bertz CT molecular complexity index is 574. The summed E-state index contributed by atoms with van der Waals surface area (Å²) in [5.74, 6) is 1.05. The molecule has 0 saturated carbocycles. The van der Waals surface area contributed by atoms with E-state index < -0.39 is 0 Å². The lowest BCUT2D eigenvalue weighted by molar-refractivity contribution is -0.128. The van der Waals surface area contributed by atoms with Crippen LogP contribution in [0.2, 0.25) is 0 Å². The average molecular weight is 442 g/mol. The fourth-order valence-corrected chi connectivity index (χ4v) is 2.60. The third-order valence-corrected chi connectivity index (χ3v) is 3.71. The Labute approximate surface area is 161 Å². The quantitative estimate of drug-likeness (QED) is 0.296. The topological polar surface area (TPSA) is 56.7 Å². The highest BCUT2D eigenvalue weighted by Gasteiger charge is 2.19. The summed E-state index contributed by atoms with van der Waals surface area (Å²) in [4.78, 5) is 18.2. The number of nitrogens with zero attached hydrogens (tertiary/aromatic N) is 2. The van der Waals surface area contributed by atoms with Crippen molar-refractivity contribution in [1.82, 2.24) is 15.5 Å². The zero-order chi connectivity index (χ0) is 16.5. The van der Waals surface area contributed by atoms with E-state index in [9.17, 15) is 4.79 Å². The van der Waals surface area contributed by atoms with Gasteiger partial charge in [0.05, 0.1) is 6.54 Å². The van der Waals surface area contributed by atoms with Crippen molar-refractivity contribution in [2.75, 3.05) is 19.6 Å². The SMILES string of the molecule is C=CCNC(=NCc1cccc(CN2CCCC2=O)c1)NCC.I. The molecule has 2 rings (SSSR count). The van der Waals surface area contributed by atoms with Crippen LogP contribution in [0, 0.1) is 0 Å². The van der Waals surface area contributed by atoms with Gasteiger partial charge in [0.2, 0.25) is 5.91 Å². The lowest BCUT2D eigenvalue weighted by Crippen LogP contribution is -2.37. The standard InChI is InChI=1S/C18H26N4O.HI/c1-3-10-20-18(19-4-2)21-13-15-7-5-8-16(12-15)14-22-11-6-9-17(22)23;/h3,5,7-8,12H,1,4,6,9-11,13-14H2,2H3,(H2,19,20,21);1H. The maximum Gasteiger partial charge on any atom is 0.222 e. The number of amides is 1. The first-order valence-corrected chi connectivity index (χ1v) is 8.21. The fourth-order valence-electron chi connectivity index (χ4n) is 2.60. The van der Waals surface area contributed by atoms with E-state index in [2.05, 4.69) is 40.4 Å². The van der Waals surface area contributed by atoms with Crippen LogP contribution >= 0.6 is 24.0 Å². The lowest BCUT2D eigenvalue weighted by Gasteiger charge is -2.16. The summed E-state index contributed by atoms with van der Waals surface area (Å²) in [6, 6.07) is 8.30. The van der Waals surface area contributed by atoms with Crippen LogP contribution < -0.4 is 10.6 Å². The second-order valence-electron chi connectivity index (χ2n) is 5.60. The normalized spacial score (nSPS) is 14.3. The van der Waals surface area contributed by atoms with Crippen LogP contribution in [0.1, 0.15) is 30.9 Å². The van der Waals surface area contributed by atoms with Gasteiger partial charge >= 0.3 is 0 Å². The largest absolute Gasteiger partial charge is 0.357 e. The number of guanidine groups is 1. The zero-order valence-corrected chi connectivity index (χ0v) is 16.6. The van der Waals surface area contributed by atoms with Gasteiger partial charge in [-0.2, -0.15) is 0 Å². The maximum absolute atomic E-state index is 11.7. The van der Waals surface area contributed by atoms with E-state index in [1.165, 1.54) is 0 Å². The van der Waals surface area contributed by atoms with Crippen LogP contribution in [0.5, 0.6) is 0 Å². The summed E-state index contributed by atoms with van der Waals surface area (Å²) in [6.45, 7) is 9.42. The molecule has 0 radical (unpaired) electrons. The van der Waals surface area contributed by atoms with Gasteiger partial charge in [-0.05, 0) is 24.5 Å². The second kappa shape index (κ2) is 11.1. The number of carbonyl (C=O) groups excluding carboxylic acids is 1. The molecule has 1 aromatic carbocycles. The highest BCUT2D eigenvalue weighted by atomic mass is 127. The van der Waals surface area contributed by atoms with Gasteiger partial charge in [0.25, 0.3) is 0 Å². The van der Waals surface area contributed by atoms with Crippen molar-refractivity contribution >= 4 is 35.8 Å². The second-order valence-corrected chi connectivity index (χ2v) is 5.60. The van der Waals surface area contributed by atoms with E-state index in [-0.39, 0.29) is 29.9 Å². The number of nitrogens with one attached hydrogen (secondary N) is 2. The Morgan fingerprint density at radius 2 is 2.17 bits per heavy atom. The molecule has 5 nitrogen and oxygen atoms in total. The molecule has 0 aliphatic carbocycles. The van der Waals surface area contributed by atoms with Crippen molar-refractivity contribution in [2.24, 2.45) is 4.99 Å². The molecule has 24 heavy (non-hydrogen) atoms. The van der Waals surface area contributed by atoms with Gasteiger partial charge in [0.1, 0.15) is 0 Å². The molecule has 1 fully saturated rings. The average Bonchev–Trinajstić information content (AvgIpc) is 2.95. The van der Waals surface area contributed by atoms with Gasteiger partial charge in [0.15, 0.2) is 5.96 Å². The Morgan fingerprint density at radius 3 is 2.83 bits per heavy atom. The number of rotatable bonds is 7. The van der Waals surface area contributed by atoms with Crippen molar-refractivity contribution in [1.29, 1.82) is 0 Å². The minimum atomic E-state index is 0. The highest BCUT2D eigenvalue weighted by molar-refractivity contribution is 14.0. The number of halogens is 1. The van der Waals surface area contributed by atoms with E-state index in [0.29, 0.717) is 26.1 Å². The summed E-state index contributed by atoms with van der Waals surface area (Å²) in [5.41, 5.74) is 2.31.